The fourth-order valence-electron chi connectivity index (χ4n) is 2.51. The lowest BCUT2D eigenvalue weighted by Gasteiger charge is -2.16. The lowest BCUT2D eigenvalue weighted by atomic mass is 10.0. The Morgan fingerprint density at radius 2 is 1.78 bits per heavy atom. The van der Waals surface area contributed by atoms with Gasteiger partial charge in [0.05, 0.1) is 0 Å². The number of aliphatic carboxylic acids is 1. The van der Waals surface area contributed by atoms with E-state index in [1.54, 1.807) is 0 Å². The predicted octanol–water partition coefficient (Wildman–Crippen LogP) is 3.09. The summed E-state index contributed by atoms with van der Waals surface area (Å²) in [6.45, 7) is 4.54. The quantitative estimate of drug-likeness (QED) is 0.485. The Hall–Kier alpha value is -2.57. The number of benzene rings is 1. The van der Waals surface area contributed by atoms with Crippen LogP contribution in [0.1, 0.15) is 51.5 Å². The van der Waals surface area contributed by atoms with E-state index in [4.69, 9.17) is 9.84 Å². The van der Waals surface area contributed by atoms with Gasteiger partial charge >= 0.3 is 12.1 Å². The fraction of sp³-hybridized carbons (Fsp3) is 0.550. The van der Waals surface area contributed by atoms with Gasteiger partial charge in [-0.1, -0.05) is 50.6 Å². The summed E-state index contributed by atoms with van der Waals surface area (Å²) in [6.07, 6.45) is 2.35. The third-order valence-corrected chi connectivity index (χ3v) is 3.90. The first kappa shape index (κ1) is 22.5. The van der Waals surface area contributed by atoms with Crippen LogP contribution in [0.15, 0.2) is 30.3 Å². The zero-order chi connectivity index (χ0) is 20.1. The molecule has 1 aromatic rings. The number of nitrogens with one attached hydrogen (secondary N) is 2. The van der Waals surface area contributed by atoms with Crippen molar-refractivity contribution in [3.63, 3.8) is 0 Å². The van der Waals surface area contributed by atoms with Crippen molar-refractivity contribution in [2.24, 2.45) is 5.92 Å². The zero-order valence-corrected chi connectivity index (χ0v) is 16.1. The number of carbonyl (C=O) groups excluding carboxylic acids is 2. The van der Waals surface area contributed by atoms with Crippen LogP contribution in [0, 0.1) is 5.92 Å². The molecule has 0 saturated carbocycles. The van der Waals surface area contributed by atoms with Gasteiger partial charge in [-0.25, -0.2) is 9.59 Å². The van der Waals surface area contributed by atoms with Crippen LogP contribution in [0.5, 0.6) is 0 Å². The van der Waals surface area contributed by atoms with E-state index in [1.165, 1.54) is 0 Å². The molecule has 150 valence electrons. The first-order chi connectivity index (χ1) is 12.9. The minimum absolute atomic E-state index is 0.194. The number of hydrogen-bond acceptors (Lipinski definition) is 4. The molecule has 0 radical (unpaired) electrons. The highest BCUT2D eigenvalue weighted by Crippen LogP contribution is 2.06. The molecule has 0 aliphatic carbocycles. The second-order valence-electron chi connectivity index (χ2n) is 6.89. The molecule has 0 heterocycles. The minimum atomic E-state index is -1.00. The molecule has 0 spiro atoms. The summed E-state index contributed by atoms with van der Waals surface area (Å²) >= 11 is 0. The van der Waals surface area contributed by atoms with Gasteiger partial charge in [0.15, 0.2) is 0 Å². The molecule has 2 amide bonds. The first-order valence-electron chi connectivity index (χ1n) is 9.35. The van der Waals surface area contributed by atoms with Crippen LogP contribution in [0.4, 0.5) is 4.79 Å². The number of amides is 2. The Labute approximate surface area is 160 Å². The molecule has 1 aromatic carbocycles. The summed E-state index contributed by atoms with van der Waals surface area (Å²) in [5, 5.41) is 14.3. The largest absolute Gasteiger partial charge is 0.480 e. The van der Waals surface area contributed by atoms with Crippen molar-refractivity contribution >= 4 is 18.0 Å². The zero-order valence-electron chi connectivity index (χ0n) is 16.1. The van der Waals surface area contributed by atoms with Crippen molar-refractivity contribution < 1.29 is 24.2 Å². The van der Waals surface area contributed by atoms with E-state index in [9.17, 15) is 14.4 Å². The maximum atomic E-state index is 11.8. The molecule has 0 fully saturated rings. The number of ether oxygens (including phenoxy) is 1. The van der Waals surface area contributed by atoms with E-state index >= 15 is 0 Å². The van der Waals surface area contributed by atoms with Crippen LogP contribution in [0.3, 0.4) is 0 Å². The van der Waals surface area contributed by atoms with Crippen LogP contribution in [-0.4, -0.2) is 35.7 Å². The molecule has 7 nitrogen and oxygen atoms in total. The Kier molecular flexibility index (Phi) is 10.6. The number of hydrogen-bond donors (Lipinski definition) is 3. The van der Waals surface area contributed by atoms with Crippen molar-refractivity contribution in [2.45, 2.75) is 58.6 Å². The van der Waals surface area contributed by atoms with Gasteiger partial charge in [0, 0.05) is 13.0 Å². The summed E-state index contributed by atoms with van der Waals surface area (Å²) in [5.41, 5.74) is 0.927. The van der Waals surface area contributed by atoms with E-state index in [0.717, 1.165) is 18.4 Å². The third kappa shape index (κ3) is 10.9. The van der Waals surface area contributed by atoms with Crippen LogP contribution < -0.4 is 10.6 Å². The van der Waals surface area contributed by atoms with Gasteiger partial charge in [-0.2, -0.15) is 0 Å². The number of rotatable bonds is 12. The van der Waals surface area contributed by atoms with E-state index in [0.29, 0.717) is 19.4 Å². The van der Waals surface area contributed by atoms with Crippen LogP contribution in [-0.2, 0) is 20.9 Å². The molecule has 0 aliphatic rings. The third-order valence-electron chi connectivity index (χ3n) is 3.90. The highest BCUT2D eigenvalue weighted by atomic mass is 16.5. The smallest absolute Gasteiger partial charge is 0.407 e. The maximum Gasteiger partial charge on any atom is 0.407 e. The Morgan fingerprint density at radius 3 is 2.41 bits per heavy atom. The highest BCUT2D eigenvalue weighted by Gasteiger charge is 2.20. The molecule has 0 aliphatic heterocycles. The van der Waals surface area contributed by atoms with Crippen molar-refractivity contribution in [3.8, 4) is 0 Å². The van der Waals surface area contributed by atoms with Crippen molar-refractivity contribution in [3.05, 3.63) is 35.9 Å². The van der Waals surface area contributed by atoms with Crippen molar-refractivity contribution in [1.29, 1.82) is 0 Å². The molecule has 0 aromatic heterocycles. The number of carbonyl (C=O) groups is 3. The van der Waals surface area contributed by atoms with E-state index < -0.39 is 18.1 Å². The average Bonchev–Trinajstić information content (AvgIpc) is 2.62. The highest BCUT2D eigenvalue weighted by molar-refractivity contribution is 5.83. The molecule has 3 N–H and O–H groups in total. The van der Waals surface area contributed by atoms with Gasteiger partial charge in [-0.3, -0.25) is 4.79 Å². The van der Waals surface area contributed by atoms with Gasteiger partial charge in [0.25, 0.3) is 0 Å². The minimum Gasteiger partial charge on any atom is -0.480 e. The molecule has 0 bridgehead atoms. The first-order valence-corrected chi connectivity index (χ1v) is 9.35. The Morgan fingerprint density at radius 1 is 1.07 bits per heavy atom. The number of alkyl carbamates (subject to hydrolysis) is 1. The Bertz CT molecular complexity index is 589. The number of unbranched alkanes of at least 4 members (excludes halogenated alkanes) is 2. The second-order valence-corrected chi connectivity index (χ2v) is 6.89. The summed E-state index contributed by atoms with van der Waals surface area (Å²) in [7, 11) is 0. The topological polar surface area (TPSA) is 105 Å². The molecule has 0 unspecified atom stereocenters. The standard InChI is InChI=1S/C20H30N2O5/c1-15(2)13-17(19(24)25)22-18(23)11-7-4-8-12-21-20(26)27-14-16-9-5-3-6-10-16/h3,5-6,9-10,15,17H,4,7-8,11-14H2,1-2H3,(H,21,26)(H,22,23)(H,24,25)/t17-/m1/s1. The molecule has 0 saturated heterocycles. The lowest BCUT2D eigenvalue weighted by molar-refractivity contribution is -0.142. The average molecular weight is 378 g/mol. The lowest BCUT2D eigenvalue weighted by Crippen LogP contribution is -2.41. The second kappa shape index (κ2) is 12.7. The molecular weight excluding hydrogens is 348 g/mol. The van der Waals surface area contributed by atoms with E-state index in [2.05, 4.69) is 10.6 Å². The van der Waals surface area contributed by atoms with Gasteiger partial charge < -0.3 is 20.5 Å². The van der Waals surface area contributed by atoms with Crippen molar-refractivity contribution in [2.75, 3.05) is 6.54 Å². The predicted molar refractivity (Wildman–Crippen MR) is 102 cm³/mol. The summed E-state index contributed by atoms with van der Waals surface area (Å²) < 4.78 is 5.10. The summed E-state index contributed by atoms with van der Waals surface area (Å²) in [5.74, 6) is -1.06. The monoisotopic (exact) mass is 378 g/mol. The molecule has 27 heavy (non-hydrogen) atoms. The van der Waals surface area contributed by atoms with E-state index in [1.807, 2.05) is 44.2 Å². The van der Waals surface area contributed by atoms with Gasteiger partial charge in [0.2, 0.25) is 5.91 Å². The number of carboxylic acids is 1. The SMILES string of the molecule is CC(C)C[C@@H](NC(=O)CCCCCNC(=O)OCc1ccccc1)C(=O)O. The van der Waals surface area contributed by atoms with Crippen LogP contribution >= 0.6 is 0 Å². The molecular formula is C20H30N2O5. The van der Waals surface area contributed by atoms with E-state index in [-0.39, 0.29) is 24.9 Å². The molecule has 1 rings (SSSR count). The Balaban J connectivity index is 2.08. The maximum absolute atomic E-state index is 11.8. The van der Waals surface area contributed by atoms with Gasteiger partial charge in [-0.05, 0) is 30.7 Å². The normalized spacial score (nSPS) is 11.7. The molecule has 7 heteroatoms. The molecule has 1 atom stereocenters. The fourth-order valence-corrected chi connectivity index (χ4v) is 2.51. The van der Waals surface area contributed by atoms with Gasteiger partial charge in [-0.15, -0.1) is 0 Å². The van der Waals surface area contributed by atoms with Gasteiger partial charge in [0.1, 0.15) is 12.6 Å². The van der Waals surface area contributed by atoms with Crippen LogP contribution in [0.25, 0.3) is 0 Å². The summed E-state index contributed by atoms with van der Waals surface area (Å²) in [4.78, 5) is 34.5. The number of carboxylic acid groups (broad SMARTS) is 1. The van der Waals surface area contributed by atoms with Crippen LogP contribution in [0.2, 0.25) is 0 Å². The summed E-state index contributed by atoms with van der Waals surface area (Å²) in [6, 6.07) is 8.60. The van der Waals surface area contributed by atoms with Crippen molar-refractivity contribution in [1.82, 2.24) is 10.6 Å².